The number of ether oxygens (including phenoxy) is 1. The molecule has 0 spiro atoms. The molecule has 37 heavy (non-hydrogen) atoms. The summed E-state index contributed by atoms with van der Waals surface area (Å²) in [6, 6.07) is 27.6. The van der Waals surface area contributed by atoms with Crippen LogP contribution >= 0.6 is 22.7 Å². The molecule has 0 bridgehead atoms. The third-order valence-electron chi connectivity index (χ3n) is 6.19. The minimum atomic E-state index is -3.55. The second-order valence-electron chi connectivity index (χ2n) is 8.60. The Bertz CT molecular complexity index is 1640. The van der Waals surface area contributed by atoms with Crippen LogP contribution in [0.1, 0.15) is 23.8 Å². The fourth-order valence-electron chi connectivity index (χ4n) is 4.22. The average molecular weight is 546 g/mol. The van der Waals surface area contributed by atoms with E-state index in [-0.39, 0.29) is 0 Å². The van der Waals surface area contributed by atoms with E-state index in [2.05, 4.69) is 52.4 Å². The van der Waals surface area contributed by atoms with Crippen molar-refractivity contribution in [1.29, 1.82) is 0 Å². The highest BCUT2D eigenvalue weighted by atomic mass is 32.2. The van der Waals surface area contributed by atoms with E-state index in [0.29, 0.717) is 16.2 Å². The quantitative estimate of drug-likeness (QED) is 0.196. The van der Waals surface area contributed by atoms with Crippen LogP contribution in [0.5, 0.6) is 5.75 Å². The first kappa shape index (κ1) is 25.3. The van der Waals surface area contributed by atoms with E-state index in [9.17, 15) is 8.42 Å². The van der Waals surface area contributed by atoms with Gasteiger partial charge in [-0.3, -0.25) is 0 Å². The summed E-state index contributed by atoms with van der Waals surface area (Å²) in [6.07, 6.45) is 2.23. The number of aryl methyl sites for hydroxylation is 1. The summed E-state index contributed by atoms with van der Waals surface area (Å²) in [5.74, 6) is 0.806. The first-order chi connectivity index (χ1) is 17.9. The molecule has 5 rings (SSSR count). The first-order valence-electron chi connectivity index (χ1n) is 11.9. The van der Waals surface area contributed by atoms with Gasteiger partial charge in [0.05, 0.1) is 38.1 Å². The minimum absolute atomic E-state index is 0.331. The molecule has 0 aliphatic heterocycles. The Labute approximate surface area is 226 Å². The lowest BCUT2D eigenvalue weighted by Gasteiger charge is -2.13. The lowest BCUT2D eigenvalue weighted by molar-refractivity contribution is 0.415. The number of rotatable bonds is 8. The van der Waals surface area contributed by atoms with Gasteiger partial charge in [0.2, 0.25) is 9.84 Å². The number of methoxy groups -OCH3 is 1. The monoisotopic (exact) mass is 545 g/mol. The van der Waals surface area contributed by atoms with Crippen LogP contribution in [0.2, 0.25) is 0 Å². The summed E-state index contributed by atoms with van der Waals surface area (Å²) in [4.78, 5) is 3.89. The molecule has 0 saturated carbocycles. The largest absolute Gasteiger partial charge is 0.497 e. The molecule has 2 aromatic carbocycles. The van der Waals surface area contributed by atoms with E-state index < -0.39 is 9.84 Å². The summed E-state index contributed by atoms with van der Waals surface area (Å²) in [5.41, 5.74) is 4.23. The van der Waals surface area contributed by atoms with E-state index in [4.69, 9.17) is 4.74 Å². The fourth-order valence-corrected chi connectivity index (χ4v) is 7.49. The lowest BCUT2D eigenvalue weighted by Crippen LogP contribution is -2.04. The zero-order valence-electron chi connectivity index (χ0n) is 20.8. The van der Waals surface area contributed by atoms with Crippen LogP contribution in [-0.4, -0.2) is 20.1 Å². The number of sulfone groups is 1. The average Bonchev–Trinajstić information content (AvgIpc) is 3.68. The van der Waals surface area contributed by atoms with Gasteiger partial charge in [-0.1, -0.05) is 30.7 Å². The van der Waals surface area contributed by atoms with Crippen molar-refractivity contribution in [2.75, 3.05) is 7.11 Å². The summed E-state index contributed by atoms with van der Waals surface area (Å²) in [6.45, 7) is 3.83. The molecule has 0 aliphatic carbocycles. The molecule has 0 aliphatic rings. The predicted octanol–water partition coefficient (Wildman–Crippen LogP) is 8.48. The number of hydrogen-bond donors (Lipinski definition) is 0. The van der Waals surface area contributed by atoms with Crippen molar-refractivity contribution in [3.8, 4) is 32.6 Å². The summed E-state index contributed by atoms with van der Waals surface area (Å²) in [7, 11) is -1.89. The maximum Gasteiger partial charge on any atom is 0.202 e. The van der Waals surface area contributed by atoms with Crippen LogP contribution < -0.4 is 4.74 Å². The van der Waals surface area contributed by atoms with Gasteiger partial charge in [-0.05, 0) is 91.5 Å². The van der Waals surface area contributed by atoms with Crippen LogP contribution in [0.15, 0.2) is 100 Å². The highest BCUT2D eigenvalue weighted by Gasteiger charge is 2.20. The number of benzene rings is 2. The molecule has 188 valence electrons. The second-order valence-corrected chi connectivity index (χ2v) is 12.7. The van der Waals surface area contributed by atoms with E-state index in [1.54, 1.807) is 41.9 Å². The first-order valence-corrected chi connectivity index (χ1v) is 15.1. The van der Waals surface area contributed by atoms with Crippen LogP contribution in [-0.2, 0) is 9.84 Å². The van der Waals surface area contributed by atoms with Crippen molar-refractivity contribution in [3.63, 3.8) is 0 Å². The van der Waals surface area contributed by atoms with Gasteiger partial charge < -0.3 is 9.30 Å². The van der Waals surface area contributed by atoms with E-state index in [1.807, 2.05) is 50.3 Å². The number of thiophene rings is 2. The number of hydrogen-bond acceptors (Lipinski definition) is 5. The Morgan fingerprint density at radius 1 is 0.892 bits per heavy atom. The Kier molecular flexibility index (Phi) is 7.20. The third-order valence-corrected chi connectivity index (χ3v) is 10.1. The van der Waals surface area contributed by atoms with Gasteiger partial charge in [-0.25, -0.2) is 8.42 Å². The number of allylic oxidation sites excluding steroid dienone is 1. The molecule has 0 saturated heterocycles. The normalized spacial score (nSPS) is 12.1. The summed E-state index contributed by atoms with van der Waals surface area (Å²) >= 11 is 3.29. The topological polar surface area (TPSA) is 48.3 Å². The molecule has 0 unspecified atom stereocenters. The molecule has 3 heterocycles. The highest BCUT2D eigenvalue weighted by Crippen LogP contribution is 2.38. The van der Waals surface area contributed by atoms with Crippen LogP contribution in [0.3, 0.4) is 0 Å². The van der Waals surface area contributed by atoms with Gasteiger partial charge in [-0.2, -0.15) is 0 Å². The second kappa shape index (κ2) is 10.5. The highest BCUT2D eigenvalue weighted by molar-refractivity contribution is 7.95. The maximum atomic E-state index is 13.3. The Hall–Kier alpha value is -3.39. The van der Waals surface area contributed by atoms with Gasteiger partial charge in [0, 0.05) is 10.6 Å². The van der Waals surface area contributed by atoms with Crippen molar-refractivity contribution in [2.45, 2.75) is 25.2 Å². The lowest BCUT2D eigenvalue weighted by atomic mass is 10.2. The minimum Gasteiger partial charge on any atom is -0.497 e. The Morgan fingerprint density at radius 3 is 2.22 bits per heavy atom. The molecular weight excluding hydrogens is 519 g/mol. The third kappa shape index (κ3) is 5.07. The van der Waals surface area contributed by atoms with Crippen LogP contribution in [0.25, 0.3) is 32.9 Å². The zero-order valence-corrected chi connectivity index (χ0v) is 23.3. The molecule has 0 fully saturated rings. The molecule has 0 N–H and O–H groups in total. The molecule has 3 aromatic heterocycles. The molecule has 7 heteroatoms. The van der Waals surface area contributed by atoms with Crippen molar-refractivity contribution in [2.24, 2.45) is 0 Å². The molecular formula is C30H27NO3S3. The Balaban J connectivity index is 1.56. The van der Waals surface area contributed by atoms with Crippen LogP contribution in [0, 0.1) is 6.92 Å². The molecule has 5 aromatic rings. The molecule has 0 atom stereocenters. The van der Waals surface area contributed by atoms with Crippen molar-refractivity contribution >= 4 is 38.6 Å². The van der Waals surface area contributed by atoms with Gasteiger partial charge in [-0.15, -0.1) is 22.7 Å². The summed E-state index contributed by atoms with van der Waals surface area (Å²) < 4.78 is 34.2. The van der Waals surface area contributed by atoms with Crippen LogP contribution in [0.4, 0.5) is 0 Å². The van der Waals surface area contributed by atoms with Gasteiger partial charge in [0.1, 0.15) is 5.75 Å². The SMILES string of the molecule is CCC(=Cc1ccc(-c2ccc(-c3cccs3)n2-c2ccc(OC)cc2)s1)S(=O)(=O)c1ccc(C)cc1. The van der Waals surface area contributed by atoms with E-state index in [0.717, 1.165) is 38.1 Å². The Morgan fingerprint density at radius 2 is 1.59 bits per heavy atom. The van der Waals surface area contributed by atoms with Crippen molar-refractivity contribution in [1.82, 2.24) is 4.57 Å². The maximum absolute atomic E-state index is 13.3. The summed E-state index contributed by atoms with van der Waals surface area (Å²) in [5, 5.41) is 2.08. The number of aromatic nitrogens is 1. The fraction of sp³-hybridized carbons (Fsp3) is 0.133. The van der Waals surface area contributed by atoms with Gasteiger partial charge >= 0.3 is 0 Å². The number of nitrogens with zero attached hydrogens (tertiary/aromatic N) is 1. The van der Waals surface area contributed by atoms with Crippen molar-refractivity contribution < 1.29 is 13.2 Å². The molecule has 0 amide bonds. The van der Waals surface area contributed by atoms with E-state index in [1.165, 1.54) is 4.88 Å². The molecule has 0 radical (unpaired) electrons. The smallest absolute Gasteiger partial charge is 0.202 e. The van der Waals surface area contributed by atoms with Crippen molar-refractivity contribution in [3.05, 3.63) is 106 Å². The predicted molar refractivity (Wildman–Crippen MR) is 156 cm³/mol. The van der Waals surface area contributed by atoms with E-state index >= 15 is 0 Å². The molecule has 4 nitrogen and oxygen atoms in total. The van der Waals surface area contributed by atoms with Gasteiger partial charge in [0.25, 0.3) is 0 Å². The zero-order chi connectivity index (χ0) is 26.0. The van der Waals surface area contributed by atoms with Gasteiger partial charge in [0.15, 0.2) is 0 Å². The standard InChI is InChI=1S/C30H27NO3S3/c1-4-25(37(32,33)26-14-7-21(2)8-15-26)20-24-13-18-30(36-24)28-17-16-27(29-6-5-19-35-29)31(28)22-9-11-23(34-3)12-10-22/h5-20H,4H2,1-3H3.